The summed E-state index contributed by atoms with van der Waals surface area (Å²) in [7, 11) is 1.80. The maximum Gasteiger partial charge on any atom is 0.254 e. The Morgan fingerprint density at radius 1 is 1.00 bits per heavy atom. The minimum Gasteiger partial charge on any atom is -0.387 e. The van der Waals surface area contributed by atoms with Crippen molar-refractivity contribution >= 4 is 5.91 Å². The van der Waals surface area contributed by atoms with Gasteiger partial charge in [0, 0.05) is 43.2 Å². The number of nitrogens with zero attached hydrogens (tertiary/aromatic N) is 2. The standard InChI is InChI=1S/C22H20N2O3/c1-14(25)21-12-17(26)9-10-24(21)16-6-3-5-15(11-16)18-7-4-8-19-20(18)13-23(2)22(19)27/h3-12,14,25H,13H2,1-2H3. The second-order valence-electron chi connectivity index (χ2n) is 6.88. The largest absolute Gasteiger partial charge is 0.387 e. The molecule has 1 unspecified atom stereocenters. The molecule has 3 aromatic rings. The SMILES string of the molecule is CC(O)c1cc(=O)ccn1-c1cccc(-c2cccc3c2CN(C)C3=O)c1. The van der Waals surface area contributed by atoms with E-state index in [1.807, 2.05) is 47.0 Å². The monoisotopic (exact) mass is 360 g/mol. The Morgan fingerprint density at radius 3 is 2.52 bits per heavy atom. The Labute approximate surface area is 157 Å². The van der Waals surface area contributed by atoms with Crippen molar-refractivity contribution in [2.75, 3.05) is 7.05 Å². The first-order chi connectivity index (χ1) is 13.0. The number of aliphatic hydroxyl groups excluding tert-OH is 1. The molecule has 1 amide bonds. The highest BCUT2D eigenvalue weighted by molar-refractivity contribution is 6.00. The molecule has 1 aromatic heterocycles. The van der Waals surface area contributed by atoms with E-state index in [0.29, 0.717) is 12.2 Å². The number of aliphatic hydroxyl groups is 1. The van der Waals surface area contributed by atoms with Gasteiger partial charge in [-0.05, 0) is 41.8 Å². The number of hydrogen-bond acceptors (Lipinski definition) is 3. The molecule has 1 aliphatic heterocycles. The fourth-order valence-electron chi connectivity index (χ4n) is 3.62. The van der Waals surface area contributed by atoms with Gasteiger partial charge >= 0.3 is 0 Å². The van der Waals surface area contributed by atoms with Gasteiger partial charge in [-0.2, -0.15) is 0 Å². The summed E-state index contributed by atoms with van der Waals surface area (Å²) in [4.78, 5) is 25.7. The fraction of sp³-hybridized carbons (Fsp3) is 0.182. The highest BCUT2D eigenvalue weighted by atomic mass is 16.3. The van der Waals surface area contributed by atoms with Gasteiger partial charge in [0.25, 0.3) is 5.91 Å². The highest BCUT2D eigenvalue weighted by Gasteiger charge is 2.26. The lowest BCUT2D eigenvalue weighted by Crippen LogP contribution is -2.17. The van der Waals surface area contributed by atoms with E-state index in [9.17, 15) is 14.7 Å². The number of hydrogen-bond donors (Lipinski definition) is 1. The van der Waals surface area contributed by atoms with Gasteiger partial charge in [-0.3, -0.25) is 9.59 Å². The van der Waals surface area contributed by atoms with Crippen molar-refractivity contribution in [3.8, 4) is 16.8 Å². The maximum atomic E-state index is 12.3. The van der Waals surface area contributed by atoms with Crippen LogP contribution in [0.2, 0.25) is 0 Å². The summed E-state index contributed by atoms with van der Waals surface area (Å²) in [6.07, 6.45) is 0.908. The van der Waals surface area contributed by atoms with Crippen LogP contribution in [0.1, 0.15) is 34.6 Å². The molecule has 0 radical (unpaired) electrons. The lowest BCUT2D eigenvalue weighted by atomic mass is 9.96. The van der Waals surface area contributed by atoms with E-state index in [2.05, 4.69) is 0 Å². The average molecular weight is 360 g/mol. The number of carbonyl (C=O) groups is 1. The second-order valence-corrected chi connectivity index (χ2v) is 6.88. The lowest BCUT2D eigenvalue weighted by Gasteiger charge is -2.17. The molecule has 4 rings (SSSR count). The Balaban J connectivity index is 1.85. The van der Waals surface area contributed by atoms with E-state index in [1.54, 1.807) is 25.1 Å². The van der Waals surface area contributed by atoms with Crippen molar-refractivity contribution in [2.45, 2.75) is 19.6 Å². The van der Waals surface area contributed by atoms with Gasteiger partial charge in [0.2, 0.25) is 0 Å². The molecule has 2 heterocycles. The molecule has 1 N–H and O–H groups in total. The molecule has 0 spiro atoms. The van der Waals surface area contributed by atoms with Crippen molar-refractivity contribution in [3.05, 3.63) is 87.8 Å². The number of amides is 1. The van der Waals surface area contributed by atoms with E-state index in [0.717, 1.165) is 27.9 Å². The molecule has 136 valence electrons. The van der Waals surface area contributed by atoms with Crippen LogP contribution in [0.25, 0.3) is 16.8 Å². The van der Waals surface area contributed by atoms with Crippen molar-refractivity contribution in [1.29, 1.82) is 0 Å². The van der Waals surface area contributed by atoms with Gasteiger partial charge < -0.3 is 14.6 Å². The number of pyridine rings is 1. The van der Waals surface area contributed by atoms with Crippen LogP contribution in [0.15, 0.2) is 65.6 Å². The van der Waals surface area contributed by atoms with Crippen molar-refractivity contribution in [2.24, 2.45) is 0 Å². The summed E-state index contributed by atoms with van der Waals surface area (Å²) in [5.74, 6) is 0.0415. The summed E-state index contributed by atoms with van der Waals surface area (Å²) in [6, 6.07) is 16.6. The third-order valence-corrected chi connectivity index (χ3v) is 4.97. The smallest absolute Gasteiger partial charge is 0.254 e. The van der Waals surface area contributed by atoms with E-state index < -0.39 is 6.10 Å². The lowest BCUT2D eigenvalue weighted by molar-refractivity contribution is 0.0816. The topological polar surface area (TPSA) is 62.5 Å². The molecule has 1 atom stereocenters. The number of fused-ring (bicyclic) bond motifs is 1. The molecule has 0 aliphatic carbocycles. The summed E-state index contributed by atoms with van der Waals surface area (Å²) in [5.41, 5.74) is 5.02. The molecular weight excluding hydrogens is 340 g/mol. The molecule has 27 heavy (non-hydrogen) atoms. The van der Waals surface area contributed by atoms with Gasteiger partial charge in [-0.1, -0.05) is 24.3 Å². The summed E-state index contributed by atoms with van der Waals surface area (Å²) in [6.45, 7) is 2.23. The number of rotatable bonds is 3. The Bertz CT molecular complexity index is 1100. The molecule has 2 aromatic carbocycles. The predicted octanol–water partition coefficient (Wildman–Crippen LogP) is 3.14. The molecule has 0 saturated heterocycles. The van der Waals surface area contributed by atoms with Crippen LogP contribution < -0.4 is 5.43 Å². The first kappa shape index (κ1) is 17.2. The number of benzene rings is 2. The van der Waals surface area contributed by atoms with Crippen LogP contribution in [0, 0.1) is 0 Å². The zero-order chi connectivity index (χ0) is 19.1. The second kappa shape index (κ2) is 6.52. The maximum absolute atomic E-state index is 12.3. The first-order valence-corrected chi connectivity index (χ1v) is 8.84. The third kappa shape index (κ3) is 2.96. The highest BCUT2D eigenvalue weighted by Crippen LogP contribution is 2.33. The van der Waals surface area contributed by atoms with Gasteiger partial charge in [-0.25, -0.2) is 0 Å². The number of carbonyl (C=O) groups excluding carboxylic acids is 1. The zero-order valence-corrected chi connectivity index (χ0v) is 15.2. The van der Waals surface area contributed by atoms with Crippen LogP contribution in [-0.2, 0) is 6.54 Å². The Morgan fingerprint density at radius 2 is 1.74 bits per heavy atom. The predicted molar refractivity (Wildman–Crippen MR) is 104 cm³/mol. The quantitative estimate of drug-likeness (QED) is 0.780. The fourth-order valence-corrected chi connectivity index (χ4v) is 3.62. The molecule has 5 heteroatoms. The summed E-state index contributed by atoms with van der Waals surface area (Å²) in [5, 5.41) is 10.1. The van der Waals surface area contributed by atoms with E-state index in [-0.39, 0.29) is 11.3 Å². The van der Waals surface area contributed by atoms with E-state index >= 15 is 0 Å². The van der Waals surface area contributed by atoms with Gasteiger partial charge in [0.15, 0.2) is 5.43 Å². The summed E-state index contributed by atoms with van der Waals surface area (Å²) < 4.78 is 1.82. The van der Waals surface area contributed by atoms with Crippen LogP contribution in [-0.4, -0.2) is 27.5 Å². The molecule has 0 saturated carbocycles. The van der Waals surface area contributed by atoms with Gasteiger partial charge in [0.1, 0.15) is 0 Å². The molecule has 0 bridgehead atoms. The molecule has 1 aliphatic rings. The van der Waals surface area contributed by atoms with Crippen molar-refractivity contribution in [1.82, 2.24) is 9.47 Å². The first-order valence-electron chi connectivity index (χ1n) is 8.84. The number of aromatic nitrogens is 1. The Hall–Kier alpha value is -3.18. The third-order valence-electron chi connectivity index (χ3n) is 4.97. The van der Waals surface area contributed by atoms with E-state index in [4.69, 9.17) is 0 Å². The minimum atomic E-state index is -0.769. The van der Waals surface area contributed by atoms with Crippen molar-refractivity contribution in [3.63, 3.8) is 0 Å². The van der Waals surface area contributed by atoms with Gasteiger partial charge in [0.05, 0.1) is 11.8 Å². The normalized spacial score (nSPS) is 14.3. The summed E-state index contributed by atoms with van der Waals surface area (Å²) >= 11 is 0. The van der Waals surface area contributed by atoms with Gasteiger partial charge in [-0.15, -0.1) is 0 Å². The van der Waals surface area contributed by atoms with Crippen LogP contribution >= 0.6 is 0 Å². The molecular formula is C22H20N2O3. The van der Waals surface area contributed by atoms with Crippen LogP contribution in [0.3, 0.4) is 0 Å². The molecule has 5 nitrogen and oxygen atoms in total. The van der Waals surface area contributed by atoms with Crippen LogP contribution in [0.4, 0.5) is 0 Å². The van der Waals surface area contributed by atoms with Crippen LogP contribution in [0.5, 0.6) is 0 Å². The minimum absolute atomic E-state index is 0.0415. The van der Waals surface area contributed by atoms with Crippen molar-refractivity contribution < 1.29 is 9.90 Å². The molecule has 0 fully saturated rings. The zero-order valence-electron chi connectivity index (χ0n) is 15.2. The average Bonchev–Trinajstić information content (AvgIpc) is 2.96. The van der Waals surface area contributed by atoms with E-state index in [1.165, 1.54) is 12.1 Å². The Kier molecular flexibility index (Phi) is 4.16.